The molecule has 0 N–H and O–H groups in total. The first-order valence-corrected chi connectivity index (χ1v) is 14.6. The van der Waals surface area contributed by atoms with Crippen molar-refractivity contribution < 1.29 is 22.7 Å². The molecule has 0 aliphatic carbocycles. The van der Waals surface area contributed by atoms with E-state index in [2.05, 4.69) is 4.99 Å². The molecule has 2 aromatic carbocycles. The van der Waals surface area contributed by atoms with Crippen LogP contribution in [0.1, 0.15) is 48.6 Å². The van der Waals surface area contributed by atoms with Gasteiger partial charge in [-0.15, -0.1) is 0 Å². The molecule has 1 aliphatic heterocycles. The molecule has 1 aliphatic rings. The number of carbonyl (C=O) groups is 2. The number of carbonyl (C=O) groups excluding carboxylic acids is 2. The summed E-state index contributed by atoms with van der Waals surface area (Å²) in [6, 6.07) is 11.2. The lowest BCUT2D eigenvalue weighted by Gasteiger charge is -2.25. The Kier molecular flexibility index (Phi) is 9.58. The van der Waals surface area contributed by atoms with E-state index in [0.29, 0.717) is 41.5 Å². The predicted molar refractivity (Wildman–Crippen MR) is 157 cm³/mol. The highest BCUT2D eigenvalue weighted by Crippen LogP contribution is 2.24. The highest BCUT2D eigenvalue weighted by atomic mass is 32.2. The van der Waals surface area contributed by atoms with Gasteiger partial charge in [0.25, 0.3) is 0 Å². The van der Waals surface area contributed by atoms with Gasteiger partial charge in [-0.2, -0.15) is 4.31 Å². The summed E-state index contributed by atoms with van der Waals surface area (Å²) in [6.07, 6.45) is 2.52. The van der Waals surface area contributed by atoms with Crippen LogP contribution in [0.3, 0.4) is 0 Å². The average molecular weight is 569 g/mol. The quantitative estimate of drug-likeness (QED) is 0.439. The number of amides is 2. The third kappa shape index (κ3) is 7.57. The number of hydrogen-bond donors (Lipinski definition) is 0. The Morgan fingerprint density at radius 3 is 2.23 bits per heavy atom. The summed E-state index contributed by atoms with van der Waals surface area (Å²) in [5.41, 5.74) is 3.52. The molecule has 0 aromatic heterocycles. The molecule has 3 rings (SSSR count). The standard InChI is InChI=1S/C30H40N4O5S/c1-21-18-22(2)27(23(3)19-21)40(37,38)33(8)16-9-10-26(35)32(7)20-24-11-13-25(14-12-24)28-31-15-17-34(28)29(36)39-30(4,5)6/h9-14,18-19H,15-17,20H2,1-8H3. The lowest BCUT2D eigenvalue weighted by Crippen LogP contribution is -2.39. The van der Waals surface area contributed by atoms with Crippen molar-refractivity contribution >= 4 is 27.9 Å². The van der Waals surface area contributed by atoms with Crippen molar-refractivity contribution in [3.05, 3.63) is 76.4 Å². The van der Waals surface area contributed by atoms with Gasteiger partial charge in [-0.25, -0.2) is 13.2 Å². The molecule has 2 amide bonds. The van der Waals surface area contributed by atoms with E-state index in [1.54, 1.807) is 36.8 Å². The Balaban J connectivity index is 1.59. The first kappa shape index (κ1) is 31.0. The van der Waals surface area contributed by atoms with Gasteiger partial charge in [-0.05, 0) is 58.2 Å². The van der Waals surface area contributed by atoms with Gasteiger partial charge in [0.05, 0.1) is 18.0 Å². The van der Waals surface area contributed by atoms with Crippen LogP contribution >= 0.6 is 0 Å². The molecule has 9 nitrogen and oxygen atoms in total. The van der Waals surface area contributed by atoms with E-state index >= 15 is 0 Å². The smallest absolute Gasteiger partial charge is 0.416 e. The van der Waals surface area contributed by atoms with Crippen LogP contribution in [-0.4, -0.2) is 79.7 Å². The van der Waals surface area contributed by atoms with Crippen molar-refractivity contribution in [2.45, 2.75) is 58.6 Å². The summed E-state index contributed by atoms with van der Waals surface area (Å²) in [6.45, 7) is 12.4. The minimum atomic E-state index is -3.70. The molecule has 10 heteroatoms. The van der Waals surface area contributed by atoms with Crippen molar-refractivity contribution in [3.63, 3.8) is 0 Å². The van der Waals surface area contributed by atoms with Gasteiger partial charge < -0.3 is 9.64 Å². The van der Waals surface area contributed by atoms with Crippen LogP contribution in [0.25, 0.3) is 0 Å². The highest BCUT2D eigenvalue weighted by molar-refractivity contribution is 7.89. The predicted octanol–water partition coefficient (Wildman–Crippen LogP) is 4.44. The first-order chi connectivity index (χ1) is 18.6. The Labute approximate surface area is 238 Å². The van der Waals surface area contributed by atoms with Crippen LogP contribution in [-0.2, 0) is 26.1 Å². The Bertz CT molecular complexity index is 1400. The van der Waals surface area contributed by atoms with E-state index < -0.39 is 21.7 Å². The van der Waals surface area contributed by atoms with Crippen molar-refractivity contribution in [2.24, 2.45) is 4.99 Å². The lowest BCUT2D eigenvalue weighted by atomic mass is 10.1. The molecule has 0 spiro atoms. The summed E-state index contributed by atoms with van der Waals surface area (Å²) in [5.74, 6) is 0.331. The molecule has 0 bridgehead atoms. The number of hydrogen-bond acceptors (Lipinski definition) is 6. The maximum Gasteiger partial charge on any atom is 0.416 e. The average Bonchev–Trinajstić information content (AvgIpc) is 3.32. The zero-order valence-electron chi connectivity index (χ0n) is 24.7. The van der Waals surface area contributed by atoms with Crippen LogP contribution in [0.5, 0.6) is 0 Å². The van der Waals surface area contributed by atoms with Crippen molar-refractivity contribution in [1.82, 2.24) is 14.1 Å². The van der Waals surface area contributed by atoms with Gasteiger partial charge in [0, 0.05) is 38.8 Å². The minimum absolute atomic E-state index is 0.0691. The van der Waals surface area contributed by atoms with E-state index in [1.165, 1.54) is 17.4 Å². The van der Waals surface area contributed by atoms with Crippen LogP contribution in [0.2, 0.25) is 0 Å². The fraction of sp³-hybridized carbons (Fsp3) is 0.433. The number of nitrogens with zero attached hydrogens (tertiary/aromatic N) is 4. The number of likely N-dealkylation sites (N-methyl/N-ethyl adjacent to an activating group) is 2. The van der Waals surface area contributed by atoms with Gasteiger partial charge >= 0.3 is 6.09 Å². The van der Waals surface area contributed by atoms with Crippen molar-refractivity contribution in [2.75, 3.05) is 33.7 Å². The maximum absolute atomic E-state index is 13.1. The van der Waals surface area contributed by atoms with Crippen LogP contribution in [0, 0.1) is 20.8 Å². The number of amidine groups is 1. The topological polar surface area (TPSA) is 99.6 Å². The normalized spacial score (nSPS) is 14.1. The molecule has 0 atom stereocenters. The number of ether oxygens (including phenoxy) is 1. The Hall–Kier alpha value is -3.50. The van der Waals surface area contributed by atoms with E-state index in [1.807, 2.05) is 64.1 Å². The van der Waals surface area contributed by atoms with E-state index in [4.69, 9.17) is 4.74 Å². The van der Waals surface area contributed by atoms with Crippen molar-refractivity contribution in [3.8, 4) is 0 Å². The summed E-state index contributed by atoms with van der Waals surface area (Å²) < 4.78 is 33.0. The molecule has 0 saturated carbocycles. The third-order valence-electron chi connectivity index (χ3n) is 6.36. The third-order valence-corrected chi connectivity index (χ3v) is 8.49. The van der Waals surface area contributed by atoms with Crippen LogP contribution < -0.4 is 0 Å². The summed E-state index contributed by atoms with van der Waals surface area (Å²) in [7, 11) is -0.506. The number of rotatable bonds is 8. The minimum Gasteiger partial charge on any atom is -0.443 e. The molecular weight excluding hydrogens is 528 g/mol. The molecule has 1 heterocycles. The SMILES string of the molecule is Cc1cc(C)c(S(=O)(=O)N(C)CC=CC(=O)N(C)Cc2ccc(C3=NCCN3C(=O)OC(C)(C)C)cc2)c(C)c1. The maximum atomic E-state index is 13.1. The monoisotopic (exact) mass is 568 g/mol. The van der Waals surface area contributed by atoms with E-state index in [9.17, 15) is 18.0 Å². The van der Waals surface area contributed by atoms with E-state index in [-0.39, 0.29) is 12.5 Å². The highest BCUT2D eigenvalue weighted by Gasteiger charge is 2.29. The largest absolute Gasteiger partial charge is 0.443 e. The summed E-state index contributed by atoms with van der Waals surface area (Å²) in [5, 5.41) is 0. The number of aliphatic imine (C=N–C) groups is 1. The number of benzene rings is 2. The lowest BCUT2D eigenvalue weighted by molar-refractivity contribution is -0.125. The fourth-order valence-corrected chi connectivity index (χ4v) is 6.08. The van der Waals surface area contributed by atoms with E-state index in [0.717, 1.165) is 16.7 Å². The first-order valence-electron chi connectivity index (χ1n) is 13.2. The van der Waals surface area contributed by atoms with Gasteiger partial charge in [0.15, 0.2) is 0 Å². The van der Waals surface area contributed by atoms with Gasteiger partial charge in [0.2, 0.25) is 15.9 Å². The molecule has 0 fully saturated rings. The van der Waals surface area contributed by atoms with Crippen LogP contribution in [0.15, 0.2) is 58.4 Å². The van der Waals surface area contributed by atoms with Gasteiger partial charge in [0.1, 0.15) is 11.4 Å². The van der Waals surface area contributed by atoms with Crippen LogP contribution in [0.4, 0.5) is 4.79 Å². The molecule has 0 unspecified atom stereocenters. The molecule has 216 valence electrons. The van der Waals surface area contributed by atoms with Crippen molar-refractivity contribution in [1.29, 1.82) is 0 Å². The molecule has 0 radical (unpaired) electrons. The fourth-order valence-electron chi connectivity index (χ4n) is 4.56. The molecule has 0 saturated heterocycles. The van der Waals surface area contributed by atoms with Gasteiger partial charge in [-0.3, -0.25) is 14.7 Å². The second kappa shape index (κ2) is 12.3. The Morgan fingerprint density at radius 1 is 1.05 bits per heavy atom. The number of sulfonamides is 1. The molecule has 40 heavy (non-hydrogen) atoms. The second-order valence-corrected chi connectivity index (χ2v) is 13.1. The number of aryl methyl sites for hydroxylation is 3. The summed E-state index contributed by atoms with van der Waals surface area (Å²) >= 11 is 0. The molecule has 2 aromatic rings. The molecular formula is C30H40N4O5S. The zero-order chi connectivity index (χ0) is 29.8. The second-order valence-electron chi connectivity index (χ2n) is 11.1. The summed E-state index contributed by atoms with van der Waals surface area (Å²) in [4.78, 5) is 33.1. The Morgan fingerprint density at radius 2 is 1.65 bits per heavy atom. The van der Waals surface area contributed by atoms with Gasteiger partial charge in [-0.1, -0.05) is 48.0 Å². The zero-order valence-corrected chi connectivity index (χ0v) is 25.5.